The maximum Gasteiger partial charge on any atom is 0.227 e. The molecule has 1 atom stereocenters. The maximum absolute atomic E-state index is 14.4. The second-order valence-electron chi connectivity index (χ2n) is 10.6. The van der Waals surface area contributed by atoms with Gasteiger partial charge in [-0.05, 0) is 69.0 Å². The lowest BCUT2D eigenvalue weighted by atomic mass is 10.0. The van der Waals surface area contributed by atoms with Crippen molar-refractivity contribution in [3.63, 3.8) is 0 Å². The quantitative estimate of drug-likeness (QED) is 0.304. The summed E-state index contributed by atoms with van der Waals surface area (Å²) in [6, 6.07) is 9.96. The van der Waals surface area contributed by atoms with E-state index in [0.717, 1.165) is 27.9 Å². The Hall–Kier alpha value is -3.28. The lowest BCUT2D eigenvalue weighted by molar-refractivity contribution is -0.117. The Balaban J connectivity index is 1.48. The largest absolute Gasteiger partial charge is 0.361 e. The van der Waals surface area contributed by atoms with Crippen molar-refractivity contribution in [2.45, 2.75) is 51.6 Å². The summed E-state index contributed by atoms with van der Waals surface area (Å²) in [5.41, 5.74) is 4.68. The predicted octanol–water partition coefficient (Wildman–Crippen LogP) is 5.57. The molecule has 12 heteroatoms. The van der Waals surface area contributed by atoms with Crippen LogP contribution in [0.5, 0.6) is 0 Å². The van der Waals surface area contributed by atoms with Crippen LogP contribution in [-0.4, -0.2) is 52.7 Å². The number of carbonyl (C=O) groups excluding carboxylic acids is 1. The summed E-state index contributed by atoms with van der Waals surface area (Å²) in [6.07, 6.45) is 3.26. The minimum atomic E-state index is -3.29. The van der Waals surface area contributed by atoms with E-state index in [4.69, 9.17) is 21.1 Å². The first-order valence-corrected chi connectivity index (χ1v) is 15.4. The highest BCUT2D eigenvalue weighted by atomic mass is 35.5. The molecule has 0 saturated carbocycles. The molecule has 9 nitrogen and oxygen atoms in total. The second-order valence-corrected chi connectivity index (χ2v) is 12.9. The number of imidazole rings is 1. The molecule has 4 aromatic rings. The van der Waals surface area contributed by atoms with Gasteiger partial charge < -0.3 is 14.0 Å². The Kier molecular flexibility index (Phi) is 6.71. The van der Waals surface area contributed by atoms with Crippen molar-refractivity contribution in [3.05, 3.63) is 64.5 Å². The van der Waals surface area contributed by atoms with Crippen LogP contribution in [0.15, 0.2) is 40.9 Å². The van der Waals surface area contributed by atoms with Crippen LogP contribution in [0.2, 0.25) is 5.02 Å². The van der Waals surface area contributed by atoms with Gasteiger partial charge in [0.25, 0.3) is 0 Å². The van der Waals surface area contributed by atoms with Gasteiger partial charge in [-0.2, -0.15) is 0 Å². The third-order valence-electron chi connectivity index (χ3n) is 7.99. The minimum Gasteiger partial charge on any atom is -0.361 e. The van der Waals surface area contributed by atoms with Gasteiger partial charge in [-0.3, -0.25) is 4.79 Å². The Bertz CT molecular complexity index is 1720. The number of aromatic nitrogens is 3. The molecule has 6 rings (SSSR count). The van der Waals surface area contributed by atoms with Crippen molar-refractivity contribution in [1.29, 1.82) is 0 Å². The number of hydrogen-bond acceptors (Lipinski definition) is 6. The lowest BCUT2D eigenvalue weighted by Crippen LogP contribution is -2.39. The molecule has 0 bridgehead atoms. The van der Waals surface area contributed by atoms with Crippen LogP contribution in [0.3, 0.4) is 0 Å². The molecule has 2 saturated heterocycles. The van der Waals surface area contributed by atoms with Crippen LogP contribution in [0.1, 0.15) is 55.0 Å². The average Bonchev–Trinajstić information content (AvgIpc) is 3.59. The van der Waals surface area contributed by atoms with E-state index in [1.807, 2.05) is 32.0 Å². The zero-order chi connectivity index (χ0) is 28.3. The number of piperidine rings is 1. The Labute approximate surface area is 236 Å². The highest BCUT2D eigenvalue weighted by Gasteiger charge is 2.39. The van der Waals surface area contributed by atoms with Crippen molar-refractivity contribution in [2.24, 2.45) is 0 Å². The number of nitrogens with zero attached hydrogens (tertiary/aromatic N) is 5. The van der Waals surface area contributed by atoms with E-state index in [0.29, 0.717) is 56.0 Å². The van der Waals surface area contributed by atoms with E-state index >= 15 is 0 Å². The fourth-order valence-corrected chi connectivity index (χ4v) is 7.10. The van der Waals surface area contributed by atoms with Crippen molar-refractivity contribution in [1.82, 2.24) is 19.0 Å². The number of rotatable bonds is 5. The number of anilines is 1. The van der Waals surface area contributed by atoms with E-state index in [2.05, 4.69) is 9.72 Å². The summed E-state index contributed by atoms with van der Waals surface area (Å²) in [5.74, 6) is 0.698. The molecule has 2 aliphatic heterocycles. The summed E-state index contributed by atoms with van der Waals surface area (Å²) in [6.45, 7) is 4.56. The number of hydrogen-bond donors (Lipinski definition) is 0. The van der Waals surface area contributed by atoms with Crippen LogP contribution in [-0.2, 0) is 14.8 Å². The van der Waals surface area contributed by atoms with Gasteiger partial charge in [0.05, 0.1) is 34.0 Å². The van der Waals surface area contributed by atoms with E-state index in [1.165, 1.54) is 22.7 Å². The summed E-state index contributed by atoms with van der Waals surface area (Å²) in [5, 5.41) is 4.07. The fourth-order valence-electron chi connectivity index (χ4n) is 6.11. The van der Waals surface area contributed by atoms with Gasteiger partial charge in [-0.15, -0.1) is 0 Å². The molecule has 0 radical (unpaired) electrons. The van der Waals surface area contributed by atoms with Crippen LogP contribution in [0.4, 0.5) is 10.1 Å². The zero-order valence-electron chi connectivity index (χ0n) is 22.4. The monoisotopic (exact) mass is 585 g/mol. The lowest BCUT2D eigenvalue weighted by Gasteiger charge is -2.33. The Morgan fingerprint density at radius 2 is 1.82 bits per heavy atom. The van der Waals surface area contributed by atoms with Crippen LogP contribution >= 0.6 is 11.6 Å². The second kappa shape index (κ2) is 9.97. The Morgan fingerprint density at radius 1 is 1.07 bits per heavy atom. The van der Waals surface area contributed by atoms with Crippen LogP contribution in [0, 0.1) is 19.7 Å². The van der Waals surface area contributed by atoms with Crippen molar-refractivity contribution in [3.8, 4) is 11.1 Å². The van der Waals surface area contributed by atoms with E-state index < -0.39 is 21.9 Å². The minimum absolute atomic E-state index is 0.0105. The molecule has 0 spiro atoms. The first-order valence-electron chi connectivity index (χ1n) is 13.2. The van der Waals surface area contributed by atoms with Crippen molar-refractivity contribution in [2.75, 3.05) is 24.2 Å². The van der Waals surface area contributed by atoms with E-state index in [9.17, 15) is 17.6 Å². The summed E-state index contributed by atoms with van der Waals surface area (Å²) in [4.78, 5) is 19.8. The number of carbonyl (C=O) groups is 1. The van der Waals surface area contributed by atoms with Crippen LogP contribution in [0.25, 0.3) is 22.2 Å². The first kappa shape index (κ1) is 26.9. The molecular formula is C28H29ClFN5O4S. The van der Waals surface area contributed by atoms with Gasteiger partial charge in [0.15, 0.2) is 0 Å². The molecule has 1 amide bonds. The zero-order valence-corrected chi connectivity index (χ0v) is 24.0. The molecule has 210 valence electrons. The third-order valence-corrected chi connectivity index (χ3v) is 9.60. The van der Waals surface area contributed by atoms with Crippen molar-refractivity contribution >= 4 is 44.3 Å². The molecule has 2 aromatic carbocycles. The van der Waals surface area contributed by atoms with Gasteiger partial charge in [0.2, 0.25) is 15.9 Å². The van der Waals surface area contributed by atoms with Crippen molar-refractivity contribution < 1.29 is 22.1 Å². The predicted molar refractivity (Wildman–Crippen MR) is 150 cm³/mol. The molecule has 2 fully saturated rings. The molecule has 1 unspecified atom stereocenters. The SMILES string of the molecule is Cc1noc(C)c1-c1ccc2c(c1)nc(C1CCC(=O)N1c1ccc(Cl)c(F)c1)n2C1CCN(S(C)(=O)=O)CC1. The number of amides is 1. The molecule has 4 heterocycles. The number of aryl methyl sites for hydroxylation is 2. The molecule has 2 aliphatic rings. The highest BCUT2D eigenvalue weighted by molar-refractivity contribution is 7.88. The molecular weight excluding hydrogens is 557 g/mol. The van der Waals surface area contributed by atoms with Gasteiger partial charge in [0, 0.05) is 36.8 Å². The first-order chi connectivity index (χ1) is 19.0. The van der Waals surface area contributed by atoms with Gasteiger partial charge >= 0.3 is 0 Å². The van der Waals surface area contributed by atoms with Gasteiger partial charge in [0.1, 0.15) is 17.4 Å². The molecule has 0 N–H and O–H groups in total. The highest BCUT2D eigenvalue weighted by Crippen LogP contribution is 2.42. The molecule has 0 aliphatic carbocycles. The van der Waals surface area contributed by atoms with Gasteiger partial charge in [-0.25, -0.2) is 22.1 Å². The maximum atomic E-state index is 14.4. The molecule has 2 aromatic heterocycles. The normalized spacial score (nSPS) is 19.3. The number of halogens is 2. The summed E-state index contributed by atoms with van der Waals surface area (Å²) in [7, 11) is -3.29. The molecule has 40 heavy (non-hydrogen) atoms. The number of fused-ring (bicyclic) bond motifs is 1. The number of benzene rings is 2. The third kappa shape index (κ3) is 4.59. The summed E-state index contributed by atoms with van der Waals surface area (Å²) < 4.78 is 47.8. The summed E-state index contributed by atoms with van der Waals surface area (Å²) >= 11 is 5.93. The Morgan fingerprint density at radius 3 is 2.48 bits per heavy atom. The standard InChI is InChI=1S/C28H29ClFN5O4S/c1-16-27(17(2)39-32-16)18-4-7-24-23(14-18)31-28(35(24)19-10-12-33(13-11-19)40(3,37)38)25-8-9-26(36)34(25)20-5-6-21(29)22(30)15-20/h4-7,14-15,19,25H,8-13H2,1-3H3. The van der Waals surface area contributed by atoms with E-state index in [1.54, 1.807) is 11.0 Å². The average molecular weight is 586 g/mol. The number of sulfonamides is 1. The van der Waals surface area contributed by atoms with Crippen LogP contribution < -0.4 is 4.90 Å². The topological polar surface area (TPSA) is 102 Å². The fraction of sp³-hybridized carbons (Fsp3) is 0.393. The smallest absolute Gasteiger partial charge is 0.227 e. The van der Waals surface area contributed by atoms with E-state index in [-0.39, 0.29) is 17.0 Å². The van der Waals surface area contributed by atoms with Gasteiger partial charge in [-0.1, -0.05) is 22.8 Å².